The SMILES string of the molecule is CC(CN)C(=O)NNc1ccc(Cl)cc1[N+](=O)[O-]. The number of hydrogen-bond donors (Lipinski definition) is 3. The molecule has 0 heterocycles. The second kappa shape index (κ2) is 6.18. The molecule has 1 rings (SSSR count). The van der Waals surface area contributed by atoms with Crippen LogP contribution in [0.2, 0.25) is 5.02 Å². The molecule has 4 N–H and O–H groups in total. The van der Waals surface area contributed by atoms with Gasteiger partial charge in [0.05, 0.1) is 4.92 Å². The first-order valence-electron chi connectivity index (χ1n) is 5.15. The van der Waals surface area contributed by atoms with Crippen LogP contribution in [0.3, 0.4) is 0 Å². The summed E-state index contributed by atoms with van der Waals surface area (Å²) in [6.07, 6.45) is 0. The Morgan fingerprint density at radius 3 is 2.83 bits per heavy atom. The smallest absolute Gasteiger partial charge is 0.295 e. The predicted molar refractivity (Wildman–Crippen MR) is 68.1 cm³/mol. The monoisotopic (exact) mass is 272 g/mol. The van der Waals surface area contributed by atoms with Crippen LogP contribution in [0.15, 0.2) is 18.2 Å². The second-order valence-electron chi connectivity index (χ2n) is 3.67. The van der Waals surface area contributed by atoms with Gasteiger partial charge in [-0.05, 0) is 12.1 Å². The fourth-order valence-corrected chi connectivity index (χ4v) is 1.29. The molecule has 0 fully saturated rings. The van der Waals surface area contributed by atoms with Crippen molar-refractivity contribution in [2.45, 2.75) is 6.92 Å². The molecule has 1 aromatic carbocycles. The number of nitro groups is 1. The molecule has 0 aromatic heterocycles. The van der Waals surface area contributed by atoms with E-state index in [0.717, 1.165) is 0 Å². The van der Waals surface area contributed by atoms with E-state index < -0.39 is 4.92 Å². The molecule has 7 nitrogen and oxygen atoms in total. The normalized spacial score (nSPS) is 11.7. The van der Waals surface area contributed by atoms with Crippen LogP contribution in [0.4, 0.5) is 11.4 Å². The maximum Gasteiger partial charge on any atom is 0.295 e. The summed E-state index contributed by atoms with van der Waals surface area (Å²) in [5, 5.41) is 11.0. The maximum atomic E-state index is 11.4. The van der Waals surface area contributed by atoms with Gasteiger partial charge in [0.1, 0.15) is 5.69 Å². The molecule has 98 valence electrons. The number of hydrazine groups is 1. The lowest BCUT2D eigenvalue weighted by Gasteiger charge is -2.12. The first-order chi connectivity index (χ1) is 8.45. The van der Waals surface area contributed by atoms with Crippen molar-refractivity contribution in [1.82, 2.24) is 5.43 Å². The van der Waals surface area contributed by atoms with Gasteiger partial charge in [0.2, 0.25) is 5.91 Å². The first-order valence-corrected chi connectivity index (χ1v) is 5.53. The van der Waals surface area contributed by atoms with Crippen molar-refractivity contribution in [3.8, 4) is 0 Å². The van der Waals surface area contributed by atoms with Crippen LogP contribution in [0.1, 0.15) is 6.92 Å². The zero-order chi connectivity index (χ0) is 13.7. The fourth-order valence-electron chi connectivity index (χ4n) is 1.12. The number of benzene rings is 1. The van der Waals surface area contributed by atoms with Gasteiger partial charge in [-0.2, -0.15) is 0 Å². The van der Waals surface area contributed by atoms with Gasteiger partial charge in [-0.15, -0.1) is 0 Å². The molecule has 0 bridgehead atoms. The van der Waals surface area contributed by atoms with Gasteiger partial charge in [0, 0.05) is 23.6 Å². The van der Waals surface area contributed by atoms with Crippen molar-refractivity contribution < 1.29 is 9.72 Å². The van der Waals surface area contributed by atoms with Gasteiger partial charge < -0.3 is 5.73 Å². The molecule has 8 heteroatoms. The molecule has 18 heavy (non-hydrogen) atoms. The summed E-state index contributed by atoms with van der Waals surface area (Å²) in [6.45, 7) is 1.84. The Balaban J connectivity index is 2.79. The summed E-state index contributed by atoms with van der Waals surface area (Å²) in [6, 6.07) is 4.09. The molecule has 0 radical (unpaired) electrons. The highest BCUT2D eigenvalue weighted by molar-refractivity contribution is 6.30. The Bertz CT molecular complexity index is 466. The minimum atomic E-state index is -0.591. The average Bonchev–Trinajstić information content (AvgIpc) is 2.35. The third-order valence-electron chi connectivity index (χ3n) is 2.28. The lowest BCUT2D eigenvalue weighted by Crippen LogP contribution is -2.37. The molecular formula is C10H13ClN4O3. The summed E-state index contributed by atoms with van der Waals surface area (Å²) < 4.78 is 0. The molecular weight excluding hydrogens is 260 g/mol. The molecule has 1 unspecified atom stereocenters. The predicted octanol–water partition coefficient (Wildman–Crippen LogP) is 1.29. The summed E-state index contributed by atoms with van der Waals surface area (Å²) in [5.74, 6) is -0.731. The van der Waals surface area contributed by atoms with Crippen molar-refractivity contribution in [1.29, 1.82) is 0 Å². The van der Waals surface area contributed by atoms with E-state index in [0.29, 0.717) is 0 Å². The Hall–Kier alpha value is -1.86. The van der Waals surface area contributed by atoms with Gasteiger partial charge in [0.15, 0.2) is 0 Å². The first kappa shape index (κ1) is 14.2. The highest BCUT2D eigenvalue weighted by Gasteiger charge is 2.16. The van der Waals surface area contributed by atoms with E-state index in [1.807, 2.05) is 0 Å². The Morgan fingerprint density at radius 2 is 2.28 bits per heavy atom. The van der Waals surface area contributed by atoms with E-state index in [9.17, 15) is 14.9 Å². The second-order valence-corrected chi connectivity index (χ2v) is 4.11. The molecule has 1 atom stereocenters. The van der Waals surface area contributed by atoms with Gasteiger partial charge in [-0.1, -0.05) is 18.5 Å². The molecule has 0 spiro atoms. The minimum absolute atomic E-state index is 0.155. The van der Waals surface area contributed by atoms with Crippen molar-refractivity contribution in [3.05, 3.63) is 33.3 Å². The van der Waals surface area contributed by atoms with Crippen molar-refractivity contribution in [2.24, 2.45) is 11.7 Å². The van der Waals surface area contributed by atoms with Crippen LogP contribution < -0.4 is 16.6 Å². The van der Waals surface area contributed by atoms with E-state index in [2.05, 4.69) is 10.9 Å². The number of hydrogen-bond acceptors (Lipinski definition) is 5. The van der Waals surface area contributed by atoms with Crippen LogP contribution >= 0.6 is 11.6 Å². The minimum Gasteiger partial charge on any atom is -0.330 e. The molecule has 0 aliphatic rings. The van der Waals surface area contributed by atoms with Gasteiger partial charge >= 0.3 is 0 Å². The fraction of sp³-hybridized carbons (Fsp3) is 0.300. The Kier molecular flexibility index (Phi) is 4.87. The van der Waals surface area contributed by atoms with E-state index in [4.69, 9.17) is 17.3 Å². The van der Waals surface area contributed by atoms with Crippen LogP contribution in [0.5, 0.6) is 0 Å². The molecule has 1 aromatic rings. The van der Waals surface area contributed by atoms with Crippen LogP contribution in [-0.4, -0.2) is 17.4 Å². The van der Waals surface area contributed by atoms with Gasteiger partial charge in [-0.3, -0.25) is 25.8 Å². The lowest BCUT2D eigenvalue weighted by atomic mass is 10.2. The number of nitrogens with one attached hydrogen (secondary N) is 2. The van der Waals surface area contributed by atoms with Crippen LogP contribution in [0.25, 0.3) is 0 Å². The van der Waals surface area contributed by atoms with E-state index in [1.165, 1.54) is 18.2 Å². The maximum absolute atomic E-state index is 11.4. The standard InChI is InChI=1S/C10H13ClN4O3/c1-6(5-12)10(16)14-13-8-3-2-7(11)4-9(8)15(17)18/h2-4,6,13H,5,12H2,1H3,(H,14,16). The average molecular weight is 273 g/mol. The molecule has 0 saturated heterocycles. The zero-order valence-electron chi connectivity index (χ0n) is 9.64. The number of rotatable bonds is 5. The Labute approximate surface area is 108 Å². The van der Waals surface area contributed by atoms with Crippen molar-refractivity contribution in [2.75, 3.05) is 12.0 Å². The van der Waals surface area contributed by atoms with E-state index in [1.54, 1.807) is 6.92 Å². The lowest BCUT2D eigenvalue weighted by molar-refractivity contribution is -0.384. The van der Waals surface area contributed by atoms with Gasteiger partial charge in [-0.25, -0.2) is 0 Å². The van der Waals surface area contributed by atoms with E-state index >= 15 is 0 Å². The number of nitrogens with zero attached hydrogens (tertiary/aromatic N) is 1. The zero-order valence-corrected chi connectivity index (χ0v) is 10.4. The highest BCUT2D eigenvalue weighted by Crippen LogP contribution is 2.26. The quantitative estimate of drug-likeness (QED) is 0.552. The van der Waals surface area contributed by atoms with E-state index in [-0.39, 0.29) is 34.8 Å². The Morgan fingerprint density at radius 1 is 1.61 bits per heavy atom. The highest BCUT2D eigenvalue weighted by atomic mass is 35.5. The van der Waals surface area contributed by atoms with Gasteiger partial charge in [0.25, 0.3) is 5.69 Å². The number of nitrogens with two attached hydrogens (primary N) is 1. The molecule has 0 saturated carbocycles. The largest absolute Gasteiger partial charge is 0.330 e. The summed E-state index contributed by atoms with van der Waals surface area (Å²) in [5.41, 5.74) is 10.1. The number of anilines is 1. The molecule has 1 amide bonds. The number of carbonyl (C=O) groups is 1. The van der Waals surface area contributed by atoms with Crippen LogP contribution in [0, 0.1) is 16.0 Å². The summed E-state index contributed by atoms with van der Waals surface area (Å²) in [7, 11) is 0. The third-order valence-corrected chi connectivity index (χ3v) is 2.51. The topological polar surface area (TPSA) is 110 Å². The van der Waals surface area contributed by atoms with Crippen LogP contribution in [-0.2, 0) is 4.79 Å². The number of halogens is 1. The molecule has 0 aliphatic carbocycles. The third kappa shape index (κ3) is 3.57. The number of amides is 1. The molecule has 0 aliphatic heterocycles. The summed E-state index contributed by atoms with van der Waals surface area (Å²) in [4.78, 5) is 21.6. The van der Waals surface area contributed by atoms with Crippen molar-refractivity contribution in [3.63, 3.8) is 0 Å². The summed E-state index contributed by atoms with van der Waals surface area (Å²) >= 11 is 5.66. The van der Waals surface area contributed by atoms with Crippen molar-refractivity contribution >= 4 is 28.9 Å². The number of carbonyl (C=O) groups excluding carboxylic acids is 1. The number of nitro benzene ring substituents is 1.